The van der Waals surface area contributed by atoms with Crippen LogP contribution in [0.15, 0.2) is 39.7 Å². The zero-order valence-corrected chi connectivity index (χ0v) is 16.5. The van der Waals surface area contributed by atoms with Crippen LogP contribution < -0.4 is 5.32 Å². The van der Waals surface area contributed by atoms with Gasteiger partial charge in [-0.15, -0.1) is 16.8 Å². The van der Waals surface area contributed by atoms with Gasteiger partial charge in [0.2, 0.25) is 5.91 Å². The zero-order valence-electron chi connectivity index (χ0n) is 15.7. The van der Waals surface area contributed by atoms with Crippen molar-refractivity contribution in [3.63, 3.8) is 0 Å². The maximum atomic E-state index is 13.3. The molecule has 2 heterocycles. The molecule has 0 radical (unpaired) electrons. The number of nitrogens with zero attached hydrogens (tertiary/aromatic N) is 3. The van der Waals surface area contributed by atoms with Crippen LogP contribution in [0, 0.1) is 11.7 Å². The van der Waals surface area contributed by atoms with E-state index in [1.54, 1.807) is 19.3 Å². The first-order valence-electron chi connectivity index (χ1n) is 8.71. The molecule has 9 heteroatoms. The summed E-state index contributed by atoms with van der Waals surface area (Å²) in [6, 6.07) is 5.20. The van der Waals surface area contributed by atoms with Crippen molar-refractivity contribution >= 4 is 47.3 Å². The maximum absolute atomic E-state index is 13.3. The number of nitrogens with one attached hydrogen (secondary N) is 1. The van der Waals surface area contributed by atoms with E-state index < -0.39 is 17.8 Å². The minimum absolute atomic E-state index is 0.0433. The largest absolute Gasteiger partial charge is 0.445 e. The van der Waals surface area contributed by atoms with Gasteiger partial charge in [-0.25, -0.2) is 9.18 Å². The minimum atomic E-state index is -0.709. The summed E-state index contributed by atoms with van der Waals surface area (Å²) in [5, 5.41) is 2.64. The second-order valence-electron chi connectivity index (χ2n) is 6.38. The third-order valence-corrected chi connectivity index (χ3v) is 5.75. The number of aliphatic imine (C=N–C) groups is 1. The normalized spacial score (nSPS) is 19.3. The molecule has 1 unspecified atom stereocenters. The fourth-order valence-electron chi connectivity index (χ4n) is 3.05. The van der Waals surface area contributed by atoms with Crippen molar-refractivity contribution in [2.24, 2.45) is 10.9 Å². The van der Waals surface area contributed by atoms with Gasteiger partial charge in [0, 0.05) is 10.6 Å². The summed E-state index contributed by atoms with van der Waals surface area (Å²) in [6.07, 6.45) is 2.27. The van der Waals surface area contributed by atoms with Crippen LogP contribution in [-0.2, 0) is 9.59 Å². The van der Waals surface area contributed by atoms with E-state index in [9.17, 15) is 18.8 Å². The summed E-state index contributed by atoms with van der Waals surface area (Å²) in [5.74, 6) is -1.43. The van der Waals surface area contributed by atoms with Crippen LogP contribution in [0.4, 0.5) is 14.9 Å². The smallest absolute Gasteiger partial charge is 0.325 e. The Morgan fingerprint density at radius 1 is 1.39 bits per heavy atom. The predicted octanol–water partition coefficient (Wildman–Crippen LogP) is 2.49. The van der Waals surface area contributed by atoms with Crippen LogP contribution in [0.3, 0.4) is 0 Å². The number of thioether (sulfide) groups is 1. The van der Waals surface area contributed by atoms with Gasteiger partial charge in [0.25, 0.3) is 5.84 Å². The molecule has 28 heavy (non-hydrogen) atoms. The molecule has 3 rings (SSSR count). The monoisotopic (exact) mass is 403 g/mol. The Labute approximate surface area is 166 Å². The summed E-state index contributed by atoms with van der Waals surface area (Å²) in [7, 11) is 3.00. The first-order chi connectivity index (χ1) is 13.3. The number of urea groups is 1. The van der Waals surface area contributed by atoms with Crippen LogP contribution in [0.5, 0.6) is 0 Å². The fraction of sp³-hybridized carbons (Fsp3) is 0.316. The van der Waals surface area contributed by atoms with E-state index >= 15 is 0 Å². The topological polar surface area (TPSA) is 81.9 Å². The van der Waals surface area contributed by atoms with Crippen LogP contribution in [0.1, 0.15) is 13.3 Å². The number of allylic oxidation sites excluding steroid dienone is 1. The van der Waals surface area contributed by atoms with E-state index in [0.29, 0.717) is 22.8 Å². The molecule has 146 valence electrons. The van der Waals surface area contributed by atoms with E-state index in [1.807, 2.05) is 6.92 Å². The highest BCUT2D eigenvalue weighted by Crippen LogP contribution is 2.35. The molecule has 1 aromatic carbocycles. The van der Waals surface area contributed by atoms with Gasteiger partial charge in [-0.05, 0) is 30.2 Å². The number of hydrogen-bond donors (Lipinski definition) is 1. The number of fused-ring (bicyclic) bond motifs is 1. The number of dihydropyridines is 1. The molecular weight excluding hydrogens is 383 g/mol. The number of hydrogen-bond acceptors (Lipinski definition) is 5. The van der Waals surface area contributed by atoms with Gasteiger partial charge in [-0.3, -0.25) is 9.59 Å². The lowest BCUT2D eigenvalue weighted by Gasteiger charge is -2.28. The molecule has 0 aliphatic carbocycles. The van der Waals surface area contributed by atoms with E-state index in [4.69, 9.17) is 0 Å². The van der Waals surface area contributed by atoms with Gasteiger partial charge in [0.05, 0.1) is 19.8 Å². The Bertz CT molecular complexity index is 954. The molecule has 2 aliphatic rings. The molecule has 0 spiro atoms. The summed E-state index contributed by atoms with van der Waals surface area (Å²) in [6.45, 7) is 1.94. The number of carbonyl (C=O) groups excluding carboxylic acids is 3. The average Bonchev–Trinajstić information content (AvgIpc) is 2.68. The molecular formula is C19H20FN4O3S+. The molecule has 7 nitrogen and oxygen atoms in total. The van der Waals surface area contributed by atoms with Crippen LogP contribution in [0.25, 0.3) is 0 Å². The van der Waals surface area contributed by atoms with E-state index in [1.165, 1.54) is 41.6 Å². The van der Waals surface area contributed by atoms with Crippen molar-refractivity contribution in [3.05, 3.63) is 40.6 Å². The van der Waals surface area contributed by atoms with Gasteiger partial charge in [-0.1, -0.05) is 13.0 Å². The number of amides is 4. The Morgan fingerprint density at radius 3 is 2.82 bits per heavy atom. The van der Waals surface area contributed by atoms with E-state index in [-0.39, 0.29) is 17.6 Å². The second kappa shape index (κ2) is 8.05. The third kappa shape index (κ3) is 3.75. The summed E-state index contributed by atoms with van der Waals surface area (Å²) in [5.41, 5.74) is 1.22. The quantitative estimate of drug-likeness (QED) is 0.766. The first-order valence-corrected chi connectivity index (χ1v) is 9.69. The molecule has 2 aliphatic heterocycles. The van der Waals surface area contributed by atoms with E-state index in [2.05, 4.69) is 10.3 Å². The first kappa shape index (κ1) is 19.9. The Balaban J connectivity index is 1.81. The van der Waals surface area contributed by atoms with Crippen LogP contribution >= 0.6 is 11.8 Å². The van der Waals surface area contributed by atoms with Crippen molar-refractivity contribution in [3.8, 4) is 0 Å². The van der Waals surface area contributed by atoms with E-state index in [0.717, 1.165) is 10.5 Å². The van der Waals surface area contributed by atoms with Crippen molar-refractivity contribution < 1.29 is 23.3 Å². The lowest BCUT2D eigenvalue weighted by molar-refractivity contribution is -0.407. The van der Waals surface area contributed by atoms with Crippen LogP contribution in [0.2, 0.25) is 0 Å². The lowest BCUT2D eigenvalue weighted by Crippen LogP contribution is -2.52. The molecule has 0 bridgehead atoms. The molecule has 0 saturated carbocycles. The van der Waals surface area contributed by atoms with Gasteiger partial charge in [-0.2, -0.15) is 9.48 Å². The van der Waals surface area contributed by atoms with Gasteiger partial charge in [0.1, 0.15) is 12.0 Å². The fourth-order valence-corrected chi connectivity index (χ4v) is 4.16. The van der Waals surface area contributed by atoms with Crippen molar-refractivity contribution in [2.75, 3.05) is 25.2 Å². The number of anilines is 1. The van der Waals surface area contributed by atoms with Gasteiger partial charge >= 0.3 is 11.9 Å². The SMILES string of the molecule is CCC1=C(SCC(=O)Nc2cccc(F)c2)C2C(=O)N(C)C(=O)[N+](C)=C2N=C1. The number of imide groups is 1. The number of halogens is 1. The predicted molar refractivity (Wildman–Crippen MR) is 106 cm³/mol. The zero-order chi connectivity index (χ0) is 20.4. The van der Waals surface area contributed by atoms with Gasteiger partial charge in [0.15, 0.2) is 5.92 Å². The third-order valence-electron chi connectivity index (χ3n) is 4.53. The molecule has 1 N–H and O–H groups in total. The highest BCUT2D eigenvalue weighted by molar-refractivity contribution is 8.03. The second-order valence-corrected chi connectivity index (χ2v) is 7.40. The standard InChI is InChI=1S/C19H19FN4O3S/c1-4-11-9-21-17-15(18(26)24(3)19(27)23(17)2)16(11)28-10-14(25)22-13-7-5-6-12(20)8-13/h5-9,15H,4,10H2,1-3H3/p+1. The maximum Gasteiger partial charge on any atom is 0.445 e. The van der Waals surface area contributed by atoms with Crippen LogP contribution in [-0.4, -0.2) is 59.2 Å². The highest BCUT2D eigenvalue weighted by atomic mass is 32.2. The molecule has 0 saturated heterocycles. The Kier molecular flexibility index (Phi) is 5.73. The number of benzene rings is 1. The minimum Gasteiger partial charge on any atom is -0.325 e. The van der Waals surface area contributed by atoms with Crippen molar-refractivity contribution in [2.45, 2.75) is 13.3 Å². The summed E-state index contributed by atoms with van der Waals surface area (Å²) >= 11 is 1.23. The number of amidine groups is 1. The summed E-state index contributed by atoms with van der Waals surface area (Å²) in [4.78, 5) is 43.3. The van der Waals surface area contributed by atoms with Crippen molar-refractivity contribution in [1.29, 1.82) is 0 Å². The Morgan fingerprint density at radius 2 is 2.14 bits per heavy atom. The number of carbonyl (C=O) groups is 3. The molecule has 1 atom stereocenters. The molecule has 0 fully saturated rings. The Hall–Kier alpha value is -2.81. The lowest BCUT2D eigenvalue weighted by atomic mass is 9.97. The number of rotatable bonds is 5. The summed E-state index contributed by atoms with van der Waals surface area (Å²) < 4.78 is 14.6. The molecule has 0 aromatic heterocycles. The van der Waals surface area contributed by atoms with Gasteiger partial charge < -0.3 is 5.32 Å². The average molecular weight is 403 g/mol. The highest BCUT2D eigenvalue weighted by Gasteiger charge is 2.48. The van der Waals surface area contributed by atoms with Crippen molar-refractivity contribution in [1.82, 2.24) is 4.90 Å². The molecule has 1 aromatic rings. The molecule has 4 amide bonds.